The molecule has 0 saturated carbocycles. The van der Waals surface area contributed by atoms with Gasteiger partial charge < -0.3 is 0 Å². The number of benzene rings is 2. The minimum Gasteiger partial charge on any atom is -0.116 e. The fourth-order valence-electron chi connectivity index (χ4n) is 7.10. The van der Waals surface area contributed by atoms with E-state index < -0.39 is 16.1 Å². The van der Waals surface area contributed by atoms with E-state index >= 15 is 0 Å². The Morgan fingerprint density at radius 2 is 0.667 bits per heavy atom. The van der Waals surface area contributed by atoms with E-state index in [1.54, 1.807) is 0 Å². The summed E-state index contributed by atoms with van der Waals surface area (Å²) >= 11 is 0. The molecule has 2 aromatic carbocycles. The largest absolute Gasteiger partial charge is 0.147 e. The van der Waals surface area contributed by atoms with Crippen LogP contribution < -0.4 is 0 Å². The van der Waals surface area contributed by atoms with Gasteiger partial charge in [-0.2, -0.15) is 0 Å². The minimum atomic E-state index is -1.86. The van der Waals surface area contributed by atoms with Gasteiger partial charge in [0, 0.05) is 11.1 Å². The number of hydrogen-bond donors (Lipinski definition) is 0. The normalized spacial score (nSPS) is 12.2. The molecule has 0 unspecified atom stereocenters. The van der Waals surface area contributed by atoms with E-state index in [0.29, 0.717) is 33.2 Å². The zero-order chi connectivity index (χ0) is 31.5. The van der Waals surface area contributed by atoms with E-state index in [1.807, 2.05) is 12.1 Å². The average Bonchev–Trinajstić information content (AvgIpc) is 2.93. The highest BCUT2D eigenvalue weighted by molar-refractivity contribution is 6.91. The Balaban J connectivity index is 2.85. The molecule has 2 aromatic rings. The van der Waals surface area contributed by atoms with Crippen LogP contribution in [0.5, 0.6) is 0 Å². The second-order valence-electron chi connectivity index (χ2n) is 13.3. The average molecular weight is 589 g/mol. The van der Waals surface area contributed by atoms with Crippen LogP contribution in [0.3, 0.4) is 0 Å². The summed E-state index contributed by atoms with van der Waals surface area (Å²) < 4.78 is 0. The van der Waals surface area contributed by atoms with Crippen molar-refractivity contribution in [2.75, 3.05) is 0 Å². The molecule has 0 N–H and O–H groups in total. The highest BCUT2D eigenvalue weighted by atomic mass is 28.3. The minimum absolute atomic E-state index is 0.568. The van der Waals surface area contributed by atoms with E-state index in [-0.39, 0.29) is 0 Å². The molecule has 0 aromatic heterocycles. The van der Waals surface area contributed by atoms with E-state index in [4.69, 9.17) is 0 Å². The smallest absolute Gasteiger partial charge is 0.116 e. The third kappa shape index (κ3) is 8.02. The van der Waals surface area contributed by atoms with Gasteiger partial charge in [-0.25, -0.2) is 0 Å². The maximum atomic E-state index is 3.76. The van der Waals surface area contributed by atoms with Crippen LogP contribution in [0, 0.1) is 46.6 Å². The Morgan fingerprint density at radius 3 is 0.905 bits per heavy atom. The molecule has 0 nitrogen and oxygen atoms in total. The monoisotopic (exact) mass is 588 g/mol. The van der Waals surface area contributed by atoms with Crippen LogP contribution in [0.25, 0.3) is 11.1 Å². The van der Waals surface area contributed by atoms with Gasteiger partial charge in [-0.1, -0.05) is 156 Å². The summed E-state index contributed by atoms with van der Waals surface area (Å²) in [5, 5.41) is 0. The van der Waals surface area contributed by atoms with Gasteiger partial charge in [0.05, 0.1) is 0 Å². The van der Waals surface area contributed by atoms with Gasteiger partial charge in [0.2, 0.25) is 0 Å². The maximum absolute atomic E-state index is 3.76. The maximum Gasteiger partial charge on any atom is 0.147 e. The van der Waals surface area contributed by atoms with Gasteiger partial charge in [0.1, 0.15) is 16.1 Å². The van der Waals surface area contributed by atoms with Crippen molar-refractivity contribution in [3.63, 3.8) is 0 Å². The first kappa shape index (κ1) is 35.1. The first-order valence-electron chi connectivity index (χ1n) is 15.7. The molecule has 0 atom stereocenters. The number of rotatable bonds is 8. The van der Waals surface area contributed by atoms with Crippen LogP contribution in [0.15, 0.2) is 60.7 Å². The van der Waals surface area contributed by atoms with Gasteiger partial charge in [0.15, 0.2) is 0 Å². The molecule has 2 rings (SSSR count). The molecule has 0 spiro atoms. The van der Waals surface area contributed by atoms with Crippen molar-refractivity contribution >= 4 is 27.3 Å². The molecule has 0 heterocycles. The van der Waals surface area contributed by atoms with Crippen molar-refractivity contribution in [1.82, 2.24) is 0 Å². The summed E-state index contributed by atoms with van der Waals surface area (Å²) in [4.78, 5) is 0. The van der Waals surface area contributed by atoms with Crippen molar-refractivity contribution in [2.45, 2.75) is 116 Å². The van der Waals surface area contributed by atoms with Gasteiger partial charge in [-0.15, -0.1) is 11.1 Å². The van der Waals surface area contributed by atoms with Gasteiger partial charge in [0.25, 0.3) is 0 Å². The lowest BCUT2D eigenvalue weighted by Crippen LogP contribution is -2.43. The Bertz CT molecular complexity index is 1280. The fraction of sp³-hybridized carbons (Fsp3) is 0.450. The topological polar surface area (TPSA) is 0 Å². The SMILES string of the molecule is CC(C)[Si](C#CC#C/C(=C(/C#CC#C[Si](C(C)C)(C(C)C)C(C)C)c1ccccc1)c1ccccc1)(C(C)C)C(C)C. The molecular weight excluding hydrogens is 537 g/mol. The van der Waals surface area contributed by atoms with E-state index in [0.717, 1.165) is 22.3 Å². The highest BCUT2D eigenvalue weighted by Crippen LogP contribution is 2.41. The summed E-state index contributed by atoms with van der Waals surface area (Å²) in [6.07, 6.45) is 0. The van der Waals surface area contributed by atoms with Crippen molar-refractivity contribution < 1.29 is 0 Å². The lowest BCUT2D eigenvalue weighted by Gasteiger charge is -2.37. The van der Waals surface area contributed by atoms with Crippen LogP contribution in [0.1, 0.15) is 94.2 Å². The van der Waals surface area contributed by atoms with Crippen molar-refractivity contribution in [3.8, 4) is 46.6 Å². The Morgan fingerprint density at radius 1 is 0.405 bits per heavy atom. The second-order valence-corrected chi connectivity index (χ2v) is 24.4. The fourth-order valence-corrected chi connectivity index (χ4v) is 17.4. The third-order valence-corrected chi connectivity index (χ3v) is 21.7. The van der Waals surface area contributed by atoms with Crippen LogP contribution in [-0.2, 0) is 0 Å². The number of hydrogen-bond acceptors (Lipinski definition) is 0. The molecule has 220 valence electrons. The van der Waals surface area contributed by atoms with Crippen molar-refractivity contribution in [1.29, 1.82) is 0 Å². The highest BCUT2D eigenvalue weighted by Gasteiger charge is 2.42. The quantitative estimate of drug-likeness (QED) is 0.163. The van der Waals surface area contributed by atoms with Crippen LogP contribution in [0.4, 0.5) is 0 Å². The van der Waals surface area contributed by atoms with Gasteiger partial charge in [-0.3, -0.25) is 0 Å². The van der Waals surface area contributed by atoms with Gasteiger partial charge >= 0.3 is 0 Å². The van der Waals surface area contributed by atoms with Crippen molar-refractivity contribution in [2.24, 2.45) is 0 Å². The van der Waals surface area contributed by atoms with E-state index in [9.17, 15) is 0 Å². The summed E-state index contributed by atoms with van der Waals surface area (Å²) in [6.45, 7) is 28.0. The molecule has 0 radical (unpaired) electrons. The Kier molecular flexibility index (Phi) is 13.3. The summed E-state index contributed by atoms with van der Waals surface area (Å²) in [5.41, 5.74) is 14.8. The van der Waals surface area contributed by atoms with E-state index in [2.05, 4.69) is 178 Å². The third-order valence-electron chi connectivity index (χ3n) is 9.16. The lowest BCUT2D eigenvalue weighted by atomic mass is 9.95. The molecule has 0 saturated heterocycles. The molecule has 42 heavy (non-hydrogen) atoms. The molecule has 0 aliphatic rings. The molecule has 0 fully saturated rings. The molecule has 0 aliphatic carbocycles. The van der Waals surface area contributed by atoms with Crippen LogP contribution >= 0.6 is 0 Å². The standard InChI is InChI=1S/C40H52Si2/c1-31(2)41(32(3)4,33(5)6)29-21-19-27-39(37-23-15-13-16-24-37)40(38-25-17-14-18-26-38)28-20-22-30-42(34(7)8,35(9)10)36(11)12/h13-18,23-26,31-36H,1-12H3/b40-39+. The van der Waals surface area contributed by atoms with Crippen molar-refractivity contribution in [3.05, 3.63) is 71.8 Å². The summed E-state index contributed by atoms with van der Waals surface area (Å²) in [6, 6.07) is 20.7. The zero-order valence-corrected chi connectivity index (χ0v) is 30.2. The molecule has 0 aliphatic heterocycles. The zero-order valence-electron chi connectivity index (χ0n) is 28.2. The Labute approximate surface area is 261 Å². The summed E-state index contributed by atoms with van der Waals surface area (Å²) in [7, 11) is -3.73. The molecule has 2 heteroatoms. The molecule has 0 bridgehead atoms. The van der Waals surface area contributed by atoms with Gasteiger partial charge in [-0.05, 0) is 68.1 Å². The molecular formula is C40H52Si2. The number of allylic oxidation sites excluding steroid dienone is 2. The van der Waals surface area contributed by atoms with E-state index in [1.165, 1.54) is 0 Å². The predicted octanol–water partition coefficient (Wildman–Crippen LogP) is 11.0. The summed E-state index contributed by atoms with van der Waals surface area (Å²) in [5.74, 6) is 20.2. The first-order chi connectivity index (χ1) is 19.8. The van der Waals surface area contributed by atoms with Crippen LogP contribution in [-0.4, -0.2) is 16.1 Å². The Hall–Kier alpha value is -3.15. The second kappa shape index (κ2) is 15.9. The molecule has 0 amide bonds. The lowest BCUT2D eigenvalue weighted by molar-refractivity contribution is 0.838. The first-order valence-corrected chi connectivity index (χ1v) is 20.2. The predicted molar refractivity (Wildman–Crippen MR) is 193 cm³/mol. The van der Waals surface area contributed by atoms with Crippen LogP contribution in [0.2, 0.25) is 33.2 Å².